The maximum Gasteiger partial charge on any atom is 0.0887 e. The Morgan fingerprint density at radius 1 is 1.47 bits per heavy atom. The van der Waals surface area contributed by atoms with Crippen molar-refractivity contribution < 1.29 is 4.74 Å². The van der Waals surface area contributed by atoms with E-state index in [-0.39, 0.29) is 0 Å². The highest BCUT2D eigenvalue weighted by molar-refractivity contribution is 5.01. The number of pyridine rings is 1. The van der Waals surface area contributed by atoms with Gasteiger partial charge in [0.2, 0.25) is 0 Å². The van der Waals surface area contributed by atoms with Crippen molar-refractivity contribution in [1.29, 1.82) is 0 Å². The van der Waals surface area contributed by atoms with Crippen molar-refractivity contribution in [3.63, 3.8) is 0 Å². The van der Waals surface area contributed by atoms with Crippen LogP contribution >= 0.6 is 0 Å². The molecule has 15 heavy (non-hydrogen) atoms. The Bertz CT molecular complexity index is 270. The summed E-state index contributed by atoms with van der Waals surface area (Å²) in [7, 11) is 0. The minimum absolute atomic E-state index is 0.636. The second-order valence-electron chi connectivity index (χ2n) is 4.05. The van der Waals surface area contributed by atoms with Crippen molar-refractivity contribution >= 4 is 0 Å². The zero-order valence-corrected chi connectivity index (χ0v) is 8.98. The second kappa shape index (κ2) is 5.83. The molecule has 3 heteroatoms. The lowest BCUT2D eigenvalue weighted by molar-refractivity contribution is 0.0763. The van der Waals surface area contributed by atoms with Gasteiger partial charge in [-0.15, -0.1) is 0 Å². The SMILES string of the molecule is c1ccc(COC[C@@H]2CCCNC2)nc1. The maximum absolute atomic E-state index is 5.66. The molecule has 1 aromatic heterocycles. The zero-order chi connectivity index (χ0) is 10.3. The van der Waals surface area contributed by atoms with E-state index in [2.05, 4.69) is 10.3 Å². The average molecular weight is 206 g/mol. The van der Waals surface area contributed by atoms with E-state index >= 15 is 0 Å². The van der Waals surface area contributed by atoms with Gasteiger partial charge in [-0.3, -0.25) is 4.98 Å². The molecule has 0 radical (unpaired) electrons. The van der Waals surface area contributed by atoms with Gasteiger partial charge in [0.15, 0.2) is 0 Å². The van der Waals surface area contributed by atoms with Crippen molar-refractivity contribution in [2.24, 2.45) is 5.92 Å². The fourth-order valence-corrected chi connectivity index (χ4v) is 1.88. The summed E-state index contributed by atoms with van der Waals surface area (Å²) >= 11 is 0. The third-order valence-corrected chi connectivity index (χ3v) is 2.73. The maximum atomic E-state index is 5.66. The number of nitrogens with zero attached hydrogens (tertiary/aromatic N) is 1. The Hall–Kier alpha value is -0.930. The van der Waals surface area contributed by atoms with E-state index in [4.69, 9.17) is 4.74 Å². The van der Waals surface area contributed by atoms with Gasteiger partial charge in [-0.05, 0) is 37.4 Å². The van der Waals surface area contributed by atoms with E-state index in [0.29, 0.717) is 12.5 Å². The fourth-order valence-electron chi connectivity index (χ4n) is 1.88. The lowest BCUT2D eigenvalue weighted by Gasteiger charge is -2.22. The number of ether oxygens (including phenoxy) is 1. The Labute approximate surface area is 90.9 Å². The van der Waals surface area contributed by atoms with E-state index in [0.717, 1.165) is 25.4 Å². The van der Waals surface area contributed by atoms with E-state index in [1.165, 1.54) is 12.8 Å². The van der Waals surface area contributed by atoms with Crippen molar-refractivity contribution in [2.75, 3.05) is 19.7 Å². The van der Waals surface area contributed by atoms with Crippen LogP contribution in [0.25, 0.3) is 0 Å². The van der Waals surface area contributed by atoms with E-state index in [1.807, 2.05) is 18.2 Å². The standard InChI is InChI=1S/C12H18N2O/c1-2-7-14-12(5-1)10-15-9-11-4-3-6-13-8-11/h1-2,5,7,11,13H,3-4,6,8-10H2/t11-/m1/s1. The second-order valence-corrected chi connectivity index (χ2v) is 4.05. The van der Waals surface area contributed by atoms with Gasteiger partial charge in [0, 0.05) is 12.7 Å². The van der Waals surface area contributed by atoms with Gasteiger partial charge >= 0.3 is 0 Å². The highest BCUT2D eigenvalue weighted by Gasteiger charge is 2.12. The summed E-state index contributed by atoms with van der Waals surface area (Å²) in [5.74, 6) is 0.683. The van der Waals surface area contributed by atoms with Crippen molar-refractivity contribution in [3.05, 3.63) is 30.1 Å². The van der Waals surface area contributed by atoms with E-state index in [1.54, 1.807) is 6.20 Å². The summed E-state index contributed by atoms with van der Waals surface area (Å²) < 4.78 is 5.66. The van der Waals surface area contributed by atoms with Crippen LogP contribution in [0, 0.1) is 5.92 Å². The summed E-state index contributed by atoms with van der Waals surface area (Å²) in [5.41, 5.74) is 1.02. The molecule has 82 valence electrons. The molecule has 3 nitrogen and oxygen atoms in total. The molecule has 1 saturated heterocycles. The van der Waals surface area contributed by atoms with Crippen LogP contribution in [0.1, 0.15) is 18.5 Å². The first-order valence-electron chi connectivity index (χ1n) is 5.63. The number of rotatable bonds is 4. The van der Waals surface area contributed by atoms with Gasteiger partial charge in [-0.2, -0.15) is 0 Å². The molecule has 1 N–H and O–H groups in total. The van der Waals surface area contributed by atoms with Gasteiger partial charge in [0.05, 0.1) is 18.9 Å². The molecule has 1 aromatic rings. The Morgan fingerprint density at radius 2 is 2.47 bits per heavy atom. The van der Waals surface area contributed by atoms with Gasteiger partial charge in [0.1, 0.15) is 0 Å². The molecule has 2 heterocycles. The monoisotopic (exact) mass is 206 g/mol. The molecule has 1 fully saturated rings. The topological polar surface area (TPSA) is 34.1 Å². The average Bonchev–Trinajstić information content (AvgIpc) is 2.32. The lowest BCUT2D eigenvalue weighted by Crippen LogP contribution is -2.32. The predicted octanol–water partition coefficient (Wildman–Crippen LogP) is 1.60. The molecule has 0 amide bonds. The Kier molecular flexibility index (Phi) is 4.11. The van der Waals surface area contributed by atoms with Crippen LogP contribution in [0.15, 0.2) is 24.4 Å². The molecule has 0 spiro atoms. The predicted molar refractivity (Wildman–Crippen MR) is 59.5 cm³/mol. The van der Waals surface area contributed by atoms with Gasteiger partial charge in [-0.1, -0.05) is 6.07 Å². The van der Waals surface area contributed by atoms with Gasteiger partial charge in [-0.25, -0.2) is 0 Å². The molecule has 1 aliphatic heterocycles. The molecule has 2 rings (SSSR count). The minimum atomic E-state index is 0.636. The molecule has 0 bridgehead atoms. The number of hydrogen-bond acceptors (Lipinski definition) is 3. The molecular formula is C12H18N2O. The molecule has 0 saturated carbocycles. The van der Waals surface area contributed by atoms with Crippen molar-refractivity contribution in [2.45, 2.75) is 19.4 Å². The summed E-state index contributed by atoms with van der Waals surface area (Å²) in [6.45, 7) is 3.75. The summed E-state index contributed by atoms with van der Waals surface area (Å²) in [6.07, 6.45) is 4.37. The molecule has 0 unspecified atom stereocenters. The smallest absolute Gasteiger partial charge is 0.0887 e. The number of nitrogens with one attached hydrogen (secondary N) is 1. The number of piperidine rings is 1. The van der Waals surface area contributed by atoms with Gasteiger partial charge < -0.3 is 10.1 Å². The first-order valence-corrected chi connectivity index (χ1v) is 5.63. The normalized spacial score (nSPS) is 21.5. The van der Waals surface area contributed by atoms with Crippen LogP contribution in [0.2, 0.25) is 0 Å². The highest BCUT2D eigenvalue weighted by Crippen LogP contribution is 2.10. The zero-order valence-electron chi connectivity index (χ0n) is 8.98. The van der Waals surface area contributed by atoms with Crippen LogP contribution in [0.5, 0.6) is 0 Å². The minimum Gasteiger partial charge on any atom is -0.375 e. The van der Waals surface area contributed by atoms with Crippen LogP contribution in [-0.2, 0) is 11.3 Å². The third-order valence-electron chi connectivity index (χ3n) is 2.73. The largest absolute Gasteiger partial charge is 0.375 e. The summed E-state index contributed by atoms with van der Waals surface area (Å²) in [4.78, 5) is 4.22. The Morgan fingerprint density at radius 3 is 3.20 bits per heavy atom. The van der Waals surface area contributed by atoms with Crippen LogP contribution in [0.3, 0.4) is 0 Å². The van der Waals surface area contributed by atoms with E-state index in [9.17, 15) is 0 Å². The molecule has 0 aromatic carbocycles. The van der Waals surface area contributed by atoms with Crippen molar-refractivity contribution in [1.82, 2.24) is 10.3 Å². The summed E-state index contributed by atoms with van der Waals surface area (Å²) in [5, 5.41) is 3.39. The molecule has 0 aliphatic carbocycles. The third kappa shape index (κ3) is 3.61. The Balaban J connectivity index is 1.66. The number of aromatic nitrogens is 1. The van der Waals surface area contributed by atoms with Crippen LogP contribution < -0.4 is 5.32 Å². The van der Waals surface area contributed by atoms with Crippen molar-refractivity contribution in [3.8, 4) is 0 Å². The van der Waals surface area contributed by atoms with Gasteiger partial charge in [0.25, 0.3) is 0 Å². The van der Waals surface area contributed by atoms with Crippen LogP contribution in [-0.4, -0.2) is 24.7 Å². The number of hydrogen-bond donors (Lipinski definition) is 1. The lowest BCUT2D eigenvalue weighted by atomic mass is 10.0. The highest BCUT2D eigenvalue weighted by atomic mass is 16.5. The first kappa shape index (κ1) is 10.6. The molecular weight excluding hydrogens is 188 g/mol. The summed E-state index contributed by atoms with van der Waals surface area (Å²) in [6, 6.07) is 5.92. The first-order chi connectivity index (χ1) is 7.45. The van der Waals surface area contributed by atoms with Crippen LogP contribution in [0.4, 0.5) is 0 Å². The van der Waals surface area contributed by atoms with E-state index < -0.39 is 0 Å². The quantitative estimate of drug-likeness (QED) is 0.812. The fraction of sp³-hybridized carbons (Fsp3) is 0.583. The molecule has 1 aliphatic rings. The molecule has 1 atom stereocenters.